The van der Waals surface area contributed by atoms with Crippen LogP contribution in [0.2, 0.25) is 0 Å². The fraction of sp³-hybridized carbons (Fsp3) is 0.0714. The van der Waals surface area contributed by atoms with Gasteiger partial charge in [0.25, 0.3) is 5.91 Å². The van der Waals surface area contributed by atoms with Gasteiger partial charge in [0, 0.05) is 16.8 Å². The summed E-state index contributed by atoms with van der Waals surface area (Å²) in [5.41, 5.74) is 0.712. The molecule has 2 aromatic carbocycles. The van der Waals surface area contributed by atoms with E-state index in [1.807, 2.05) is 54.6 Å². The molecule has 0 aliphatic heterocycles. The van der Waals surface area contributed by atoms with Crippen LogP contribution in [0.5, 0.6) is 0 Å². The van der Waals surface area contributed by atoms with E-state index in [0.717, 1.165) is 9.79 Å². The summed E-state index contributed by atoms with van der Waals surface area (Å²) in [5, 5.41) is 2.66. The first-order chi connectivity index (χ1) is 8.31. The lowest BCUT2D eigenvalue weighted by Crippen LogP contribution is -2.18. The summed E-state index contributed by atoms with van der Waals surface area (Å²) in [4.78, 5) is 13.8. The van der Waals surface area contributed by atoms with Gasteiger partial charge in [0.2, 0.25) is 0 Å². The maximum Gasteiger partial charge on any atom is 0.252 e. The third-order valence-electron chi connectivity index (χ3n) is 2.33. The Morgan fingerprint density at radius 2 is 1.65 bits per heavy atom. The number of rotatable bonds is 3. The Morgan fingerprint density at radius 1 is 1.00 bits per heavy atom. The van der Waals surface area contributed by atoms with E-state index in [9.17, 15) is 4.79 Å². The van der Waals surface area contributed by atoms with Gasteiger partial charge >= 0.3 is 0 Å². The van der Waals surface area contributed by atoms with E-state index < -0.39 is 0 Å². The van der Waals surface area contributed by atoms with Gasteiger partial charge in [0.1, 0.15) is 0 Å². The lowest BCUT2D eigenvalue weighted by Gasteiger charge is -2.07. The van der Waals surface area contributed by atoms with Gasteiger partial charge in [-0.25, -0.2) is 0 Å². The summed E-state index contributed by atoms with van der Waals surface area (Å²) in [7, 11) is 1.65. The molecular formula is C14H13NOS. The van der Waals surface area contributed by atoms with Crippen molar-refractivity contribution in [3.63, 3.8) is 0 Å². The molecule has 0 bridgehead atoms. The minimum absolute atomic E-state index is 0.0518. The second kappa shape index (κ2) is 5.55. The second-order valence-electron chi connectivity index (χ2n) is 3.49. The van der Waals surface area contributed by atoms with Crippen LogP contribution in [0, 0.1) is 0 Å². The van der Waals surface area contributed by atoms with Gasteiger partial charge in [0.15, 0.2) is 0 Å². The first-order valence-electron chi connectivity index (χ1n) is 5.35. The number of benzene rings is 2. The van der Waals surface area contributed by atoms with Crippen LogP contribution in [0.15, 0.2) is 64.4 Å². The number of carbonyl (C=O) groups excluding carboxylic acids is 1. The van der Waals surface area contributed by atoms with Crippen LogP contribution in [0.4, 0.5) is 0 Å². The maximum atomic E-state index is 11.7. The molecule has 2 rings (SSSR count). The largest absolute Gasteiger partial charge is 0.355 e. The van der Waals surface area contributed by atoms with E-state index >= 15 is 0 Å². The van der Waals surface area contributed by atoms with Crippen molar-refractivity contribution in [3.8, 4) is 0 Å². The van der Waals surface area contributed by atoms with Crippen LogP contribution in [0.1, 0.15) is 10.4 Å². The van der Waals surface area contributed by atoms with Crippen molar-refractivity contribution in [2.75, 3.05) is 7.05 Å². The number of hydrogen-bond acceptors (Lipinski definition) is 2. The highest BCUT2D eigenvalue weighted by molar-refractivity contribution is 7.99. The molecule has 2 nitrogen and oxygen atoms in total. The van der Waals surface area contributed by atoms with Crippen LogP contribution >= 0.6 is 11.8 Å². The minimum atomic E-state index is -0.0518. The average Bonchev–Trinajstić information content (AvgIpc) is 2.40. The smallest absolute Gasteiger partial charge is 0.252 e. The topological polar surface area (TPSA) is 29.1 Å². The van der Waals surface area contributed by atoms with E-state index in [-0.39, 0.29) is 5.91 Å². The molecular weight excluding hydrogens is 230 g/mol. The molecule has 0 atom stereocenters. The fourth-order valence-electron chi connectivity index (χ4n) is 1.49. The zero-order valence-electron chi connectivity index (χ0n) is 9.51. The molecule has 0 radical (unpaired) electrons. The zero-order valence-corrected chi connectivity index (χ0v) is 10.3. The molecule has 0 unspecified atom stereocenters. The highest BCUT2D eigenvalue weighted by atomic mass is 32.2. The molecule has 0 aliphatic carbocycles. The second-order valence-corrected chi connectivity index (χ2v) is 4.61. The summed E-state index contributed by atoms with van der Waals surface area (Å²) in [6.07, 6.45) is 0. The van der Waals surface area contributed by atoms with E-state index in [1.54, 1.807) is 18.8 Å². The predicted octanol–water partition coefficient (Wildman–Crippen LogP) is 3.20. The third kappa shape index (κ3) is 2.88. The minimum Gasteiger partial charge on any atom is -0.355 e. The van der Waals surface area contributed by atoms with Gasteiger partial charge in [-0.3, -0.25) is 4.79 Å². The molecule has 0 fully saturated rings. The SMILES string of the molecule is CNC(=O)c1ccccc1Sc1ccccc1. The molecule has 3 heteroatoms. The van der Waals surface area contributed by atoms with Gasteiger partial charge in [-0.2, -0.15) is 0 Å². The number of carbonyl (C=O) groups is 1. The Morgan fingerprint density at radius 3 is 2.35 bits per heavy atom. The first-order valence-corrected chi connectivity index (χ1v) is 6.17. The zero-order chi connectivity index (χ0) is 12.1. The average molecular weight is 243 g/mol. The molecule has 0 aromatic heterocycles. The van der Waals surface area contributed by atoms with E-state index in [0.29, 0.717) is 5.56 Å². The van der Waals surface area contributed by atoms with Crippen LogP contribution in [-0.2, 0) is 0 Å². The molecule has 0 saturated carbocycles. The summed E-state index contributed by atoms with van der Waals surface area (Å²) < 4.78 is 0. The van der Waals surface area contributed by atoms with E-state index in [1.165, 1.54) is 0 Å². The van der Waals surface area contributed by atoms with Crippen molar-refractivity contribution >= 4 is 17.7 Å². The molecule has 1 amide bonds. The molecule has 2 aromatic rings. The Hall–Kier alpha value is -1.74. The quantitative estimate of drug-likeness (QED) is 0.897. The van der Waals surface area contributed by atoms with Crippen molar-refractivity contribution in [1.29, 1.82) is 0 Å². The molecule has 0 aliphatic rings. The van der Waals surface area contributed by atoms with Gasteiger partial charge < -0.3 is 5.32 Å². The first kappa shape index (κ1) is 11.7. The lowest BCUT2D eigenvalue weighted by atomic mass is 10.2. The van der Waals surface area contributed by atoms with Crippen molar-refractivity contribution in [2.24, 2.45) is 0 Å². The summed E-state index contributed by atoms with van der Waals surface area (Å²) >= 11 is 1.60. The van der Waals surface area contributed by atoms with Crippen molar-refractivity contribution in [2.45, 2.75) is 9.79 Å². The molecule has 1 N–H and O–H groups in total. The number of nitrogens with one attached hydrogen (secondary N) is 1. The lowest BCUT2D eigenvalue weighted by molar-refractivity contribution is 0.0960. The standard InChI is InChI=1S/C14H13NOS/c1-15-14(16)12-9-5-6-10-13(12)17-11-7-3-2-4-8-11/h2-10H,1H3,(H,15,16). The third-order valence-corrected chi connectivity index (χ3v) is 3.41. The van der Waals surface area contributed by atoms with E-state index in [2.05, 4.69) is 5.32 Å². The summed E-state index contributed by atoms with van der Waals surface area (Å²) in [6.45, 7) is 0. The Balaban J connectivity index is 2.30. The van der Waals surface area contributed by atoms with Crippen LogP contribution in [0.25, 0.3) is 0 Å². The van der Waals surface area contributed by atoms with Gasteiger partial charge in [0.05, 0.1) is 5.56 Å². The Bertz CT molecular complexity index is 511. The summed E-state index contributed by atoms with van der Waals surface area (Å²) in [5.74, 6) is -0.0518. The maximum absolute atomic E-state index is 11.7. The highest BCUT2D eigenvalue weighted by Crippen LogP contribution is 2.29. The Labute approximate surface area is 105 Å². The molecule has 0 saturated heterocycles. The van der Waals surface area contributed by atoms with Crippen molar-refractivity contribution < 1.29 is 4.79 Å². The number of hydrogen-bond donors (Lipinski definition) is 1. The summed E-state index contributed by atoms with van der Waals surface area (Å²) in [6, 6.07) is 17.6. The monoisotopic (exact) mass is 243 g/mol. The highest BCUT2D eigenvalue weighted by Gasteiger charge is 2.09. The van der Waals surface area contributed by atoms with Gasteiger partial charge in [-0.05, 0) is 24.3 Å². The predicted molar refractivity (Wildman–Crippen MR) is 70.4 cm³/mol. The molecule has 86 valence electrons. The van der Waals surface area contributed by atoms with Gasteiger partial charge in [-0.15, -0.1) is 0 Å². The van der Waals surface area contributed by atoms with Crippen molar-refractivity contribution in [1.82, 2.24) is 5.32 Å². The molecule has 0 spiro atoms. The molecule has 17 heavy (non-hydrogen) atoms. The van der Waals surface area contributed by atoms with Crippen LogP contribution in [-0.4, -0.2) is 13.0 Å². The van der Waals surface area contributed by atoms with Crippen LogP contribution < -0.4 is 5.32 Å². The van der Waals surface area contributed by atoms with Crippen LogP contribution in [0.3, 0.4) is 0 Å². The Kier molecular flexibility index (Phi) is 3.83. The van der Waals surface area contributed by atoms with Crippen molar-refractivity contribution in [3.05, 3.63) is 60.2 Å². The van der Waals surface area contributed by atoms with Gasteiger partial charge in [-0.1, -0.05) is 42.1 Å². The number of amides is 1. The fourth-order valence-corrected chi connectivity index (χ4v) is 2.46. The normalized spacial score (nSPS) is 9.94. The molecule has 0 heterocycles. The van der Waals surface area contributed by atoms with E-state index in [4.69, 9.17) is 0 Å².